The molecule has 2 aromatic carbocycles. The van der Waals surface area contributed by atoms with Gasteiger partial charge in [-0.1, -0.05) is 12.1 Å². The summed E-state index contributed by atoms with van der Waals surface area (Å²) in [5.74, 6) is -1.21. The predicted molar refractivity (Wildman–Crippen MR) is 107 cm³/mol. The minimum Gasteiger partial charge on any atom is -0.485 e. The summed E-state index contributed by atoms with van der Waals surface area (Å²) in [5.41, 5.74) is 0.782. The molecule has 2 aromatic rings. The Hall–Kier alpha value is -2.18. The zero-order valence-electron chi connectivity index (χ0n) is 17.2. The summed E-state index contributed by atoms with van der Waals surface area (Å²) in [7, 11) is 0. The normalized spacial score (nSPS) is 17.2. The lowest BCUT2D eigenvalue weighted by Gasteiger charge is -2.23. The molecule has 0 spiro atoms. The van der Waals surface area contributed by atoms with Crippen molar-refractivity contribution in [3.8, 4) is 22.6 Å². The maximum atomic E-state index is 14.4. The van der Waals surface area contributed by atoms with Crippen LogP contribution >= 0.6 is 0 Å². The lowest BCUT2D eigenvalue weighted by Crippen LogP contribution is -2.24. The Morgan fingerprint density at radius 3 is 2.24 bits per heavy atom. The second-order valence-corrected chi connectivity index (χ2v) is 8.02. The van der Waals surface area contributed by atoms with E-state index in [2.05, 4.69) is 0 Å². The van der Waals surface area contributed by atoms with Gasteiger partial charge in [0.2, 0.25) is 0 Å². The minimum atomic E-state index is -0.744. The Bertz CT molecular complexity index is 771. The molecule has 0 aromatic heterocycles. The van der Waals surface area contributed by atoms with E-state index in [0.29, 0.717) is 23.5 Å². The number of ether oxygens (including phenoxy) is 4. The second kappa shape index (κ2) is 9.55. The third-order valence-electron chi connectivity index (χ3n) is 4.46. The van der Waals surface area contributed by atoms with Gasteiger partial charge in [-0.3, -0.25) is 0 Å². The summed E-state index contributed by atoms with van der Waals surface area (Å²) in [6.45, 7) is 6.73. The lowest BCUT2D eigenvalue weighted by atomic mass is 10.0. The van der Waals surface area contributed by atoms with Gasteiger partial charge in [0.05, 0.1) is 18.8 Å². The highest BCUT2D eigenvalue weighted by Gasteiger charge is 2.17. The van der Waals surface area contributed by atoms with E-state index in [0.717, 1.165) is 19.3 Å². The molecule has 29 heavy (non-hydrogen) atoms. The highest BCUT2D eigenvalue weighted by molar-refractivity contribution is 5.65. The molecule has 1 fully saturated rings. The van der Waals surface area contributed by atoms with Gasteiger partial charge in [0, 0.05) is 6.42 Å². The number of halogens is 2. The first-order valence-electron chi connectivity index (χ1n) is 9.96. The van der Waals surface area contributed by atoms with Crippen LogP contribution in [0, 0.1) is 11.6 Å². The molecule has 0 amide bonds. The third kappa shape index (κ3) is 6.41. The molecule has 158 valence electrons. The average Bonchev–Trinajstić information content (AvgIpc) is 2.67. The zero-order chi connectivity index (χ0) is 20.9. The molecular formula is C23H28F2O4. The number of hydrogen-bond acceptors (Lipinski definition) is 4. The largest absolute Gasteiger partial charge is 0.485 e. The molecular weight excluding hydrogens is 378 g/mol. The van der Waals surface area contributed by atoms with E-state index in [-0.39, 0.29) is 30.9 Å². The highest BCUT2D eigenvalue weighted by atomic mass is 19.1. The number of rotatable bonds is 7. The summed E-state index contributed by atoms with van der Waals surface area (Å²) in [6.07, 6.45) is 2.76. The van der Waals surface area contributed by atoms with E-state index in [4.69, 9.17) is 18.9 Å². The molecule has 1 aliphatic heterocycles. The smallest absolute Gasteiger partial charge is 0.199 e. The van der Waals surface area contributed by atoms with E-state index in [1.54, 1.807) is 24.3 Å². The quantitative estimate of drug-likeness (QED) is 0.550. The molecule has 1 aliphatic rings. The van der Waals surface area contributed by atoms with Crippen LogP contribution in [0.25, 0.3) is 11.1 Å². The van der Waals surface area contributed by atoms with Gasteiger partial charge in [0.15, 0.2) is 23.7 Å². The molecule has 3 rings (SSSR count). The maximum absolute atomic E-state index is 14.4. The first-order chi connectivity index (χ1) is 13.8. The van der Waals surface area contributed by atoms with E-state index in [1.807, 2.05) is 20.8 Å². The van der Waals surface area contributed by atoms with Gasteiger partial charge in [-0.05, 0) is 69.0 Å². The van der Waals surface area contributed by atoms with Crippen molar-refractivity contribution in [2.45, 2.75) is 51.9 Å². The molecule has 0 saturated carbocycles. The lowest BCUT2D eigenvalue weighted by molar-refractivity contribution is -0.105. The monoisotopic (exact) mass is 406 g/mol. The van der Waals surface area contributed by atoms with Crippen LogP contribution in [0.4, 0.5) is 8.78 Å². The molecule has 1 unspecified atom stereocenters. The van der Waals surface area contributed by atoms with Crippen molar-refractivity contribution >= 4 is 0 Å². The van der Waals surface area contributed by atoms with Crippen molar-refractivity contribution in [1.82, 2.24) is 0 Å². The SMILES string of the molecule is CC(C)(C)OCCOc1c(F)cc(-c2ccc(OC3CCCCO3)cc2)cc1F. The van der Waals surface area contributed by atoms with E-state index < -0.39 is 11.6 Å². The van der Waals surface area contributed by atoms with Gasteiger partial charge in [0.1, 0.15) is 12.4 Å². The maximum Gasteiger partial charge on any atom is 0.199 e. The van der Waals surface area contributed by atoms with Gasteiger partial charge in [-0.15, -0.1) is 0 Å². The number of hydrogen-bond donors (Lipinski definition) is 0. The molecule has 1 heterocycles. The molecule has 0 bridgehead atoms. The fourth-order valence-electron chi connectivity index (χ4n) is 3.04. The Balaban J connectivity index is 1.63. The van der Waals surface area contributed by atoms with E-state index in [1.165, 1.54) is 12.1 Å². The minimum absolute atomic E-state index is 0.0692. The first-order valence-corrected chi connectivity index (χ1v) is 9.96. The second-order valence-electron chi connectivity index (χ2n) is 8.02. The van der Waals surface area contributed by atoms with Crippen LogP contribution in [0.2, 0.25) is 0 Å². The van der Waals surface area contributed by atoms with Crippen LogP contribution in [0.1, 0.15) is 40.0 Å². The Kier molecular flexibility index (Phi) is 7.09. The van der Waals surface area contributed by atoms with Crippen molar-refractivity contribution in [3.63, 3.8) is 0 Å². The van der Waals surface area contributed by atoms with Gasteiger partial charge < -0.3 is 18.9 Å². The summed E-state index contributed by atoms with van der Waals surface area (Å²) >= 11 is 0. The van der Waals surface area contributed by atoms with Crippen LogP contribution in [-0.4, -0.2) is 31.7 Å². The van der Waals surface area contributed by atoms with Crippen LogP contribution in [0.15, 0.2) is 36.4 Å². The Morgan fingerprint density at radius 2 is 1.66 bits per heavy atom. The molecule has 1 atom stereocenters. The third-order valence-corrected chi connectivity index (χ3v) is 4.46. The van der Waals surface area contributed by atoms with Gasteiger partial charge in [-0.2, -0.15) is 0 Å². The molecule has 0 aliphatic carbocycles. The highest BCUT2D eigenvalue weighted by Crippen LogP contribution is 2.30. The fraction of sp³-hybridized carbons (Fsp3) is 0.478. The topological polar surface area (TPSA) is 36.9 Å². The van der Waals surface area contributed by atoms with Crippen molar-refractivity contribution in [2.24, 2.45) is 0 Å². The summed E-state index contributed by atoms with van der Waals surface area (Å²) in [5, 5.41) is 0. The standard InChI is InChI=1S/C23H28F2O4/c1-23(2,3)28-13-12-27-22-19(24)14-17(15-20(22)25)16-7-9-18(10-8-16)29-21-6-4-5-11-26-21/h7-10,14-15,21H,4-6,11-13H2,1-3H3. The fourth-order valence-corrected chi connectivity index (χ4v) is 3.04. The van der Waals surface area contributed by atoms with Gasteiger partial charge in [0.25, 0.3) is 0 Å². The summed E-state index contributed by atoms with van der Waals surface area (Å²) in [4.78, 5) is 0. The molecule has 0 radical (unpaired) electrons. The first kappa shape index (κ1) is 21.5. The summed E-state index contributed by atoms with van der Waals surface area (Å²) < 4.78 is 50.9. The molecule has 0 N–H and O–H groups in total. The van der Waals surface area contributed by atoms with E-state index in [9.17, 15) is 8.78 Å². The Labute approximate surface area is 170 Å². The zero-order valence-corrected chi connectivity index (χ0v) is 17.2. The van der Waals surface area contributed by atoms with Crippen molar-refractivity contribution in [3.05, 3.63) is 48.0 Å². The molecule has 6 heteroatoms. The van der Waals surface area contributed by atoms with Crippen molar-refractivity contribution in [2.75, 3.05) is 19.8 Å². The van der Waals surface area contributed by atoms with Crippen LogP contribution in [0.5, 0.6) is 11.5 Å². The van der Waals surface area contributed by atoms with Crippen molar-refractivity contribution < 1.29 is 27.7 Å². The van der Waals surface area contributed by atoms with Crippen LogP contribution in [-0.2, 0) is 9.47 Å². The summed E-state index contributed by atoms with van der Waals surface area (Å²) in [6, 6.07) is 9.62. The Morgan fingerprint density at radius 1 is 0.966 bits per heavy atom. The van der Waals surface area contributed by atoms with Crippen LogP contribution < -0.4 is 9.47 Å². The van der Waals surface area contributed by atoms with E-state index >= 15 is 0 Å². The number of benzene rings is 2. The van der Waals surface area contributed by atoms with Gasteiger partial charge >= 0.3 is 0 Å². The predicted octanol–water partition coefficient (Wildman–Crippen LogP) is 5.73. The van der Waals surface area contributed by atoms with Gasteiger partial charge in [-0.25, -0.2) is 8.78 Å². The molecule has 4 nitrogen and oxygen atoms in total. The van der Waals surface area contributed by atoms with Crippen molar-refractivity contribution in [1.29, 1.82) is 0 Å². The molecule has 1 saturated heterocycles. The average molecular weight is 406 g/mol. The van der Waals surface area contributed by atoms with Crippen LogP contribution in [0.3, 0.4) is 0 Å².